The molecule has 0 radical (unpaired) electrons. The van der Waals surface area contributed by atoms with Crippen molar-refractivity contribution in [2.24, 2.45) is 0 Å². The summed E-state index contributed by atoms with van der Waals surface area (Å²) in [5.41, 5.74) is 6.62. The highest BCUT2D eigenvalue weighted by Crippen LogP contribution is 2.22. The predicted molar refractivity (Wildman–Crippen MR) is 81.7 cm³/mol. The number of nitrogens with zero attached hydrogens (tertiary/aromatic N) is 2. The zero-order valence-electron chi connectivity index (χ0n) is 11.2. The summed E-state index contributed by atoms with van der Waals surface area (Å²) in [5, 5.41) is 8.54. The average Bonchev–Trinajstić information content (AvgIpc) is 2.86. The maximum atomic E-state index is 6.04. The smallest absolute Gasteiger partial charge is 0.155 e. The van der Waals surface area contributed by atoms with Gasteiger partial charge in [0.1, 0.15) is 12.0 Å². The van der Waals surface area contributed by atoms with E-state index in [-0.39, 0.29) is 6.04 Å². The van der Waals surface area contributed by atoms with Crippen molar-refractivity contribution in [1.29, 1.82) is 0 Å². The van der Waals surface area contributed by atoms with E-state index < -0.39 is 0 Å². The largest absolute Gasteiger partial charge is 0.393 e. The van der Waals surface area contributed by atoms with Crippen molar-refractivity contribution in [3.63, 3.8) is 0 Å². The van der Waals surface area contributed by atoms with E-state index in [2.05, 4.69) is 38.1 Å². The SMILES string of the molecule is CC(C)Nc1ncnc(NCCc2cccs2)c1N. The Morgan fingerprint density at radius 3 is 2.79 bits per heavy atom. The zero-order valence-corrected chi connectivity index (χ0v) is 12.0. The second kappa shape index (κ2) is 6.38. The van der Waals surface area contributed by atoms with Crippen molar-refractivity contribution in [1.82, 2.24) is 9.97 Å². The zero-order chi connectivity index (χ0) is 13.7. The Morgan fingerprint density at radius 1 is 1.32 bits per heavy atom. The summed E-state index contributed by atoms with van der Waals surface area (Å²) in [6.07, 6.45) is 2.49. The van der Waals surface area contributed by atoms with Crippen LogP contribution in [0.3, 0.4) is 0 Å². The molecule has 0 aliphatic rings. The van der Waals surface area contributed by atoms with Crippen LogP contribution in [0.25, 0.3) is 0 Å². The Morgan fingerprint density at radius 2 is 2.11 bits per heavy atom. The van der Waals surface area contributed by atoms with Gasteiger partial charge in [0, 0.05) is 17.5 Å². The van der Waals surface area contributed by atoms with Crippen LogP contribution >= 0.6 is 11.3 Å². The molecule has 5 nitrogen and oxygen atoms in total. The van der Waals surface area contributed by atoms with Crippen molar-refractivity contribution < 1.29 is 0 Å². The number of nitrogens with two attached hydrogens (primary N) is 1. The normalized spacial score (nSPS) is 10.7. The van der Waals surface area contributed by atoms with Gasteiger partial charge in [-0.3, -0.25) is 0 Å². The predicted octanol–water partition coefficient (Wildman–Crippen LogP) is 2.60. The van der Waals surface area contributed by atoms with E-state index in [4.69, 9.17) is 5.73 Å². The fourth-order valence-electron chi connectivity index (χ4n) is 1.68. The lowest BCUT2D eigenvalue weighted by atomic mass is 10.3. The molecule has 0 aromatic carbocycles. The number of nitrogen functional groups attached to an aromatic ring is 1. The van der Waals surface area contributed by atoms with Crippen molar-refractivity contribution in [2.75, 3.05) is 22.9 Å². The molecule has 0 amide bonds. The highest BCUT2D eigenvalue weighted by molar-refractivity contribution is 7.09. The number of thiophene rings is 1. The van der Waals surface area contributed by atoms with Gasteiger partial charge in [-0.15, -0.1) is 11.3 Å². The van der Waals surface area contributed by atoms with Gasteiger partial charge in [-0.25, -0.2) is 9.97 Å². The molecular weight excluding hydrogens is 258 g/mol. The fourth-order valence-corrected chi connectivity index (χ4v) is 2.39. The van der Waals surface area contributed by atoms with Crippen LogP contribution in [0.1, 0.15) is 18.7 Å². The molecule has 2 aromatic heterocycles. The van der Waals surface area contributed by atoms with E-state index in [1.165, 1.54) is 11.2 Å². The first kappa shape index (κ1) is 13.6. The van der Waals surface area contributed by atoms with E-state index >= 15 is 0 Å². The molecule has 6 heteroatoms. The standard InChI is InChI=1S/C13H19N5S/c1-9(2)18-13-11(14)12(16-8-17-13)15-6-5-10-4-3-7-19-10/h3-4,7-9H,5-6,14H2,1-2H3,(H2,15,16,17,18). The second-order valence-corrected chi connectivity index (χ2v) is 5.57. The minimum Gasteiger partial charge on any atom is -0.393 e. The molecule has 19 heavy (non-hydrogen) atoms. The first-order chi connectivity index (χ1) is 9.16. The minimum absolute atomic E-state index is 0.288. The molecule has 2 aromatic rings. The lowest BCUT2D eigenvalue weighted by molar-refractivity contribution is 0.887. The van der Waals surface area contributed by atoms with Crippen LogP contribution in [0.2, 0.25) is 0 Å². The molecule has 2 heterocycles. The maximum absolute atomic E-state index is 6.04. The van der Waals surface area contributed by atoms with Gasteiger partial charge in [-0.1, -0.05) is 6.07 Å². The van der Waals surface area contributed by atoms with Gasteiger partial charge in [-0.05, 0) is 31.7 Å². The monoisotopic (exact) mass is 277 g/mol. The fraction of sp³-hybridized carbons (Fsp3) is 0.385. The van der Waals surface area contributed by atoms with Crippen LogP contribution in [0.4, 0.5) is 17.3 Å². The third-order valence-electron chi connectivity index (χ3n) is 2.55. The molecule has 0 bridgehead atoms. The van der Waals surface area contributed by atoms with Crippen LogP contribution < -0.4 is 16.4 Å². The molecule has 0 aliphatic carbocycles. The molecule has 0 aliphatic heterocycles. The number of hydrogen-bond acceptors (Lipinski definition) is 6. The van der Waals surface area contributed by atoms with E-state index in [1.807, 2.05) is 13.8 Å². The Labute approximate surface area is 117 Å². The van der Waals surface area contributed by atoms with E-state index in [1.54, 1.807) is 11.3 Å². The Hall–Kier alpha value is -1.82. The van der Waals surface area contributed by atoms with E-state index in [9.17, 15) is 0 Å². The molecule has 4 N–H and O–H groups in total. The number of aromatic nitrogens is 2. The molecule has 2 rings (SSSR count). The molecule has 0 saturated carbocycles. The molecule has 0 atom stereocenters. The van der Waals surface area contributed by atoms with Gasteiger partial charge in [0.15, 0.2) is 11.6 Å². The number of anilines is 3. The Kier molecular flexibility index (Phi) is 4.57. The molecule has 0 unspecified atom stereocenters. The second-order valence-electron chi connectivity index (χ2n) is 4.54. The number of hydrogen-bond donors (Lipinski definition) is 3. The average molecular weight is 277 g/mol. The summed E-state index contributed by atoms with van der Waals surface area (Å²) in [6, 6.07) is 4.47. The van der Waals surface area contributed by atoms with Crippen molar-refractivity contribution >= 4 is 28.7 Å². The quantitative estimate of drug-likeness (QED) is 0.756. The summed E-state index contributed by atoms with van der Waals surface area (Å²) >= 11 is 1.76. The first-order valence-electron chi connectivity index (χ1n) is 6.30. The third-order valence-corrected chi connectivity index (χ3v) is 3.49. The summed E-state index contributed by atoms with van der Waals surface area (Å²) in [7, 11) is 0. The third kappa shape index (κ3) is 3.82. The number of rotatable bonds is 6. The lowest BCUT2D eigenvalue weighted by Crippen LogP contribution is -2.15. The summed E-state index contributed by atoms with van der Waals surface area (Å²) in [5.74, 6) is 1.37. The van der Waals surface area contributed by atoms with Crippen LogP contribution in [-0.2, 0) is 6.42 Å². The topological polar surface area (TPSA) is 75.9 Å². The highest BCUT2D eigenvalue weighted by Gasteiger charge is 2.08. The Balaban J connectivity index is 1.96. The van der Waals surface area contributed by atoms with Gasteiger partial charge < -0.3 is 16.4 Å². The van der Waals surface area contributed by atoms with Gasteiger partial charge in [0.25, 0.3) is 0 Å². The van der Waals surface area contributed by atoms with Gasteiger partial charge in [0.2, 0.25) is 0 Å². The van der Waals surface area contributed by atoms with E-state index in [0.29, 0.717) is 17.3 Å². The van der Waals surface area contributed by atoms with Gasteiger partial charge in [-0.2, -0.15) is 0 Å². The van der Waals surface area contributed by atoms with Crippen LogP contribution in [0, 0.1) is 0 Å². The summed E-state index contributed by atoms with van der Waals surface area (Å²) in [4.78, 5) is 9.68. The van der Waals surface area contributed by atoms with Gasteiger partial charge >= 0.3 is 0 Å². The maximum Gasteiger partial charge on any atom is 0.155 e. The molecule has 102 valence electrons. The minimum atomic E-state index is 0.288. The van der Waals surface area contributed by atoms with Crippen LogP contribution in [0.15, 0.2) is 23.8 Å². The first-order valence-corrected chi connectivity index (χ1v) is 7.18. The molecule has 0 fully saturated rings. The highest BCUT2D eigenvalue weighted by atomic mass is 32.1. The summed E-state index contributed by atoms with van der Waals surface area (Å²) < 4.78 is 0. The van der Waals surface area contributed by atoms with Gasteiger partial charge in [0.05, 0.1) is 0 Å². The molecule has 0 spiro atoms. The Bertz CT molecular complexity index is 510. The van der Waals surface area contributed by atoms with Crippen LogP contribution in [0.5, 0.6) is 0 Å². The summed E-state index contributed by atoms with van der Waals surface area (Å²) in [6.45, 7) is 4.90. The van der Waals surface area contributed by atoms with E-state index in [0.717, 1.165) is 13.0 Å². The van der Waals surface area contributed by atoms with Crippen LogP contribution in [-0.4, -0.2) is 22.6 Å². The van der Waals surface area contributed by atoms with Crippen molar-refractivity contribution in [3.05, 3.63) is 28.7 Å². The van der Waals surface area contributed by atoms with Crippen molar-refractivity contribution in [2.45, 2.75) is 26.3 Å². The number of nitrogens with one attached hydrogen (secondary N) is 2. The molecular formula is C13H19N5S. The van der Waals surface area contributed by atoms with Crippen molar-refractivity contribution in [3.8, 4) is 0 Å². The lowest BCUT2D eigenvalue weighted by Gasteiger charge is -2.14. The molecule has 0 saturated heterocycles.